The summed E-state index contributed by atoms with van der Waals surface area (Å²) in [5.41, 5.74) is 3.39. The van der Waals surface area contributed by atoms with Gasteiger partial charge in [-0.2, -0.15) is 5.10 Å². The zero-order valence-corrected chi connectivity index (χ0v) is 15.4. The second kappa shape index (κ2) is 7.23. The molecule has 2 N–H and O–H groups in total. The molecular weight excluding hydrogens is 370 g/mol. The van der Waals surface area contributed by atoms with Crippen LogP contribution in [0.1, 0.15) is 5.56 Å². The van der Waals surface area contributed by atoms with Crippen LogP contribution >= 0.6 is 0 Å². The Hall–Kier alpha value is -3.94. The first-order valence-electron chi connectivity index (χ1n) is 9.19. The van der Waals surface area contributed by atoms with Crippen molar-refractivity contribution >= 4 is 22.6 Å². The van der Waals surface area contributed by atoms with Gasteiger partial charge in [0.15, 0.2) is 17.3 Å². The van der Waals surface area contributed by atoms with Gasteiger partial charge in [-0.25, -0.2) is 9.97 Å². The zero-order valence-electron chi connectivity index (χ0n) is 15.4. The third kappa shape index (κ3) is 3.47. The molecule has 0 spiro atoms. The van der Waals surface area contributed by atoms with Crippen molar-refractivity contribution in [3.05, 3.63) is 60.6 Å². The molecule has 1 amide bonds. The fraction of sp³-hybridized carbons (Fsp3) is 0.143. The van der Waals surface area contributed by atoms with Crippen LogP contribution in [0.2, 0.25) is 0 Å². The standard InChI is InChI=1S/C21H17N5O3/c27-20(10-13-1-4-18-19(9-13)29-8-7-28-18)24-21-15-11-14(2-3-17(15)25-26-21)16-5-6-22-12-23-16/h1-6,9,11-12H,7-8,10H2,(H2,24,25,26,27). The number of hydrogen-bond acceptors (Lipinski definition) is 6. The molecule has 144 valence electrons. The van der Waals surface area contributed by atoms with Gasteiger partial charge in [-0.1, -0.05) is 12.1 Å². The van der Waals surface area contributed by atoms with Gasteiger partial charge in [-0.15, -0.1) is 0 Å². The Bertz CT molecular complexity index is 1190. The van der Waals surface area contributed by atoms with E-state index in [1.54, 1.807) is 6.20 Å². The molecule has 8 heteroatoms. The number of amides is 1. The molecule has 0 saturated heterocycles. The van der Waals surface area contributed by atoms with Crippen molar-refractivity contribution < 1.29 is 14.3 Å². The van der Waals surface area contributed by atoms with Gasteiger partial charge in [0.2, 0.25) is 5.91 Å². The van der Waals surface area contributed by atoms with Crippen LogP contribution in [0, 0.1) is 0 Å². The molecule has 8 nitrogen and oxygen atoms in total. The number of anilines is 1. The molecule has 1 aliphatic rings. The number of aromatic amines is 1. The van der Waals surface area contributed by atoms with Gasteiger partial charge in [0.1, 0.15) is 19.5 Å². The molecular formula is C21H17N5O3. The molecule has 29 heavy (non-hydrogen) atoms. The lowest BCUT2D eigenvalue weighted by atomic mass is 10.1. The van der Waals surface area contributed by atoms with E-state index in [0.29, 0.717) is 30.5 Å². The van der Waals surface area contributed by atoms with E-state index in [2.05, 4.69) is 25.5 Å². The van der Waals surface area contributed by atoms with Crippen molar-refractivity contribution in [1.29, 1.82) is 0 Å². The van der Waals surface area contributed by atoms with Gasteiger partial charge in [0.05, 0.1) is 17.6 Å². The van der Waals surface area contributed by atoms with Crippen LogP contribution < -0.4 is 14.8 Å². The summed E-state index contributed by atoms with van der Waals surface area (Å²) >= 11 is 0. The Labute approximate surface area is 165 Å². The lowest BCUT2D eigenvalue weighted by Crippen LogP contribution is -2.17. The SMILES string of the molecule is O=C(Cc1ccc2c(c1)OCCO2)Nc1n[nH]c2ccc(-c3ccncn3)cc12. The van der Waals surface area contributed by atoms with E-state index < -0.39 is 0 Å². The summed E-state index contributed by atoms with van der Waals surface area (Å²) in [4.78, 5) is 20.8. The number of ether oxygens (including phenoxy) is 2. The maximum absolute atomic E-state index is 12.6. The summed E-state index contributed by atoms with van der Waals surface area (Å²) in [5, 5.41) is 10.9. The molecule has 3 heterocycles. The quantitative estimate of drug-likeness (QED) is 0.558. The number of aromatic nitrogens is 4. The third-order valence-corrected chi connectivity index (χ3v) is 4.67. The minimum absolute atomic E-state index is 0.164. The first-order valence-corrected chi connectivity index (χ1v) is 9.19. The number of fused-ring (bicyclic) bond motifs is 2. The highest BCUT2D eigenvalue weighted by molar-refractivity contribution is 6.01. The van der Waals surface area contributed by atoms with Crippen molar-refractivity contribution in [1.82, 2.24) is 20.2 Å². The lowest BCUT2D eigenvalue weighted by molar-refractivity contribution is -0.115. The average Bonchev–Trinajstić information content (AvgIpc) is 3.16. The van der Waals surface area contributed by atoms with Crippen molar-refractivity contribution in [2.24, 2.45) is 0 Å². The maximum atomic E-state index is 12.6. The second-order valence-corrected chi connectivity index (χ2v) is 6.63. The summed E-state index contributed by atoms with van der Waals surface area (Å²) in [6, 6.07) is 13.2. The Balaban J connectivity index is 1.36. The second-order valence-electron chi connectivity index (χ2n) is 6.63. The van der Waals surface area contributed by atoms with Crippen molar-refractivity contribution in [3.8, 4) is 22.8 Å². The molecule has 0 atom stereocenters. The van der Waals surface area contributed by atoms with Crippen LogP contribution in [0.5, 0.6) is 11.5 Å². The van der Waals surface area contributed by atoms with Gasteiger partial charge in [0, 0.05) is 17.1 Å². The number of nitrogens with zero attached hydrogens (tertiary/aromatic N) is 3. The molecule has 0 saturated carbocycles. The fourth-order valence-electron chi connectivity index (χ4n) is 3.29. The first-order chi connectivity index (χ1) is 14.3. The normalized spacial score (nSPS) is 12.7. The van der Waals surface area contributed by atoms with Crippen LogP contribution in [0.3, 0.4) is 0 Å². The summed E-state index contributed by atoms with van der Waals surface area (Å²) in [6.45, 7) is 1.05. The van der Waals surface area contributed by atoms with Gasteiger partial charge >= 0.3 is 0 Å². The molecule has 0 fully saturated rings. The average molecular weight is 387 g/mol. The molecule has 2 aromatic carbocycles. The van der Waals surface area contributed by atoms with Gasteiger partial charge < -0.3 is 14.8 Å². The highest BCUT2D eigenvalue weighted by Crippen LogP contribution is 2.31. The predicted molar refractivity (Wildman–Crippen MR) is 107 cm³/mol. The monoisotopic (exact) mass is 387 g/mol. The van der Waals surface area contributed by atoms with E-state index in [0.717, 1.165) is 27.7 Å². The van der Waals surface area contributed by atoms with E-state index in [9.17, 15) is 4.79 Å². The van der Waals surface area contributed by atoms with Crippen LogP contribution in [-0.2, 0) is 11.2 Å². The summed E-state index contributed by atoms with van der Waals surface area (Å²) < 4.78 is 11.1. The van der Waals surface area contributed by atoms with Gasteiger partial charge in [-0.05, 0) is 35.9 Å². The Morgan fingerprint density at radius 3 is 2.83 bits per heavy atom. The number of nitrogens with one attached hydrogen (secondary N) is 2. The van der Waals surface area contributed by atoms with Crippen LogP contribution in [0.25, 0.3) is 22.2 Å². The van der Waals surface area contributed by atoms with E-state index in [4.69, 9.17) is 9.47 Å². The largest absolute Gasteiger partial charge is 0.486 e. The smallest absolute Gasteiger partial charge is 0.230 e. The molecule has 4 aromatic rings. The van der Waals surface area contributed by atoms with Gasteiger partial charge in [-0.3, -0.25) is 9.89 Å². The molecule has 1 aliphatic heterocycles. The highest BCUT2D eigenvalue weighted by Gasteiger charge is 2.15. The highest BCUT2D eigenvalue weighted by atomic mass is 16.6. The Kier molecular flexibility index (Phi) is 4.28. The lowest BCUT2D eigenvalue weighted by Gasteiger charge is -2.18. The molecule has 0 unspecified atom stereocenters. The first kappa shape index (κ1) is 17.2. The molecule has 0 radical (unpaired) electrons. The van der Waals surface area contributed by atoms with E-state index in [-0.39, 0.29) is 12.3 Å². The van der Waals surface area contributed by atoms with E-state index in [1.807, 2.05) is 42.5 Å². The number of hydrogen-bond donors (Lipinski definition) is 2. The molecule has 0 aliphatic carbocycles. The predicted octanol–water partition coefficient (Wildman–Crippen LogP) is 2.97. The van der Waals surface area contributed by atoms with E-state index >= 15 is 0 Å². The zero-order chi connectivity index (χ0) is 19.6. The maximum Gasteiger partial charge on any atom is 0.230 e. The van der Waals surface area contributed by atoms with Crippen molar-refractivity contribution in [2.75, 3.05) is 18.5 Å². The number of carbonyl (C=O) groups is 1. The third-order valence-electron chi connectivity index (χ3n) is 4.67. The molecule has 0 bridgehead atoms. The van der Waals surface area contributed by atoms with Crippen molar-refractivity contribution in [3.63, 3.8) is 0 Å². The summed E-state index contributed by atoms with van der Waals surface area (Å²) in [6.07, 6.45) is 3.40. The Morgan fingerprint density at radius 2 is 1.97 bits per heavy atom. The number of benzene rings is 2. The number of rotatable bonds is 4. The number of H-pyrrole nitrogens is 1. The van der Waals surface area contributed by atoms with Crippen LogP contribution in [0.4, 0.5) is 5.82 Å². The topological polar surface area (TPSA) is 102 Å². The van der Waals surface area contributed by atoms with Crippen LogP contribution in [-0.4, -0.2) is 39.3 Å². The number of carbonyl (C=O) groups excluding carboxylic acids is 1. The van der Waals surface area contributed by atoms with E-state index in [1.165, 1.54) is 6.33 Å². The molecule has 2 aromatic heterocycles. The minimum atomic E-state index is -0.164. The molecule has 5 rings (SSSR count). The van der Waals surface area contributed by atoms with Gasteiger partial charge in [0.25, 0.3) is 0 Å². The Morgan fingerprint density at radius 1 is 1.07 bits per heavy atom. The summed E-state index contributed by atoms with van der Waals surface area (Å²) in [7, 11) is 0. The van der Waals surface area contributed by atoms with Crippen LogP contribution in [0.15, 0.2) is 55.0 Å². The minimum Gasteiger partial charge on any atom is -0.486 e. The van der Waals surface area contributed by atoms with Crippen molar-refractivity contribution in [2.45, 2.75) is 6.42 Å². The summed E-state index contributed by atoms with van der Waals surface area (Å²) in [5.74, 6) is 1.69. The fourth-order valence-corrected chi connectivity index (χ4v) is 3.29.